The molecule has 1 heterocycles. The van der Waals surface area contributed by atoms with Crippen molar-refractivity contribution in [3.8, 4) is 5.75 Å². The van der Waals surface area contributed by atoms with Crippen LogP contribution < -0.4 is 9.46 Å². The minimum atomic E-state index is -4.81. The summed E-state index contributed by atoms with van der Waals surface area (Å²) in [6.07, 6.45) is -7.45. The van der Waals surface area contributed by atoms with Gasteiger partial charge in [0, 0.05) is 19.2 Å². The van der Waals surface area contributed by atoms with Crippen molar-refractivity contribution in [1.82, 2.24) is 4.90 Å². The third kappa shape index (κ3) is 4.62. The SMILES string of the molecule is CCOc1cc(F)ccc1NS(=O)(=O)c1ccc2c(c1)CN(C(O)C(F)(F)F)C2. The van der Waals surface area contributed by atoms with Crippen LogP contribution in [0.3, 0.4) is 0 Å². The molecular weight excluding hydrogens is 416 g/mol. The molecule has 2 aromatic carbocycles. The lowest BCUT2D eigenvalue weighted by atomic mass is 10.1. The molecular formula is C18H18F4N2O4S. The van der Waals surface area contributed by atoms with Gasteiger partial charge in [-0.2, -0.15) is 13.2 Å². The zero-order valence-corrected chi connectivity index (χ0v) is 16.0. The number of nitrogens with one attached hydrogen (secondary N) is 1. The van der Waals surface area contributed by atoms with Gasteiger partial charge in [-0.05, 0) is 42.3 Å². The minimum Gasteiger partial charge on any atom is -0.492 e. The predicted octanol–water partition coefficient (Wildman–Crippen LogP) is 3.22. The number of hydrogen-bond donors (Lipinski definition) is 2. The number of halogens is 4. The molecule has 11 heteroatoms. The van der Waals surface area contributed by atoms with Crippen LogP contribution in [0.5, 0.6) is 5.75 Å². The molecule has 0 radical (unpaired) electrons. The van der Waals surface area contributed by atoms with Crippen molar-refractivity contribution in [2.24, 2.45) is 0 Å². The molecule has 0 amide bonds. The highest BCUT2D eigenvalue weighted by Gasteiger charge is 2.44. The van der Waals surface area contributed by atoms with Crippen molar-refractivity contribution in [3.05, 3.63) is 53.3 Å². The number of rotatable bonds is 6. The average molecular weight is 434 g/mol. The zero-order valence-electron chi connectivity index (χ0n) is 15.2. The van der Waals surface area contributed by atoms with E-state index in [0.717, 1.165) is 17.0 Å². The summed E-state index contributed by atoms with van der Waals surface area (Å²) in [6.45, 7) is 1.44. The van der Waals surface area contributed by atoms with Gasteiger partial charge in [-0.1, -0.05) is 6.07 Å². The van der Waals surface area contributed by atoms with Crippen LogP contribution >= 0.6 is 0 Å². The van der Waals surface area contributed by atoms with Crippen LogP contribution in [0.2, 0.25) is 0 Å². The fourth-order valence-electron chi connectivity index (χ4n) is 3.00. The quantitative estimate of drug-likeness (QED) is 0.683. The Morgan fingerprint density at radius 3 is 2.52 bits per heavy atom. The van der Waals surface area contributed by atoms with E-state index < -0.39 is 28.2 Å². The fourth-order valence-corrected chi connectivity index (χ4v) is 4.12. The summed E-state index contributed by atoms with van der Waals surface area (Å²) < 4.78 is 84.6. The summed E-state index contributed by atoms with van der Waals surface area (Å²) in [5.74, 6) is -0.589. The van der Waals surface area contributed by atoms with Gasteiger partial charge >= 0.3 is 6.18 Å². The Labute approximate surface area is 164 Å². The van der Waals surface area contributed by atoms with E-state index in [9.17, 15) is 31.1 Å². The molecule has 6 nitrogen and oxygen atoms in total. The third-order valence-electron chi connectivity index (χ3n) is 4.36. The van der Waals surface area contributed by atoms with Gasteiger partial charge in [0.05, 0.1) is 17.2 Å². The Morgan fingerprint density at radius 1 is 1.17 bits per heavy atom. The zero-order chi connectivity index (χ0) is 21.4. The van der Waals surface area contributed by atoms with Gasteiger partial charge in [0.1, 0.15) is 11.6 Å². The lowest BCUT2D eigenvalue weighted by molar-refractivity contribution is -0.252. The molecule has 3 rings (SSSR count). The van der Waals surface area contributed by atoms with Crippen LogP contribution in [0.15, 0.2) is 41.3 Å². The van der Waals surface area contributed by atoms with Crippen molar-refractivity contribution in [3.63, 3.8) is 0 Å². The number of aliphatic hydroxyl groups is 1. The standard InChI is InChI=1S/C18H18F4N2O4S/c1-2-28-16-8-13(19)4-6-15(16)23-29(26,27)14-5-3-11-9-24(10-12(11)7-14)17(25)18(20,21)22/h3-8,17,23,25H,2,9-10H2,1H3. The second-order valence-corrected chi connectivity index (χ2v) is 8.11. The van der Waals surface area contributed by atoms with Crippen molar-refractivity contribution >= 4 is 15.7 Å². The number of sulfonamides is 1. The lowest BCUT2D eigenvalue weighted by Gasteiger charge is -2.24. The number of benzene rings is 2. The van der Waals surface area contributed by atoms with E-state index >= 15 is 0 Å². The summed E-state index contributed by atoms with van der Waals surface area (Å²) in [5.41, 5.74) is 0.882. The van der Waals surface area contributed by atoms with Crippen LogP contribution in [0.1, 0.15) is 18.1 Å². The van der Waals surface area contributed by atoms with Gasteiger partial charge in [-0.25, -0.2) is 12.8 Å². The number of ether oxygens (including phenoxy) is 1. The topological polar surface area (TPSA) is 78.9 Å². The number of nitrogens with zero attached hydrogens (tertiary/aromatic N) is 1. The second-order valence-electron chi connectivity index (χ2n) is 6.43. The maximum absolute atomic E-state index is 13.4. The van der Waals surface area contributed by atoms with Crippen LogP contribution in [0.25, 0.3) is 0 Å². The number of hydrogen-bond acceptors (Lipinski definition) is 5. The third-order valence-corrected chi connectivity index (χ3v) is 5.72. The summed E-state index contributed by atoms with van der Waals surface area (Å²) in [7, 11) is -4.11. The van der Waals surface area contributed by atoms with E-state index in [-0.39, 0.29) is 36.0 Å². The van der Waals surface area contributed by atoms with E-state index in [1.807, 2.05) is 0 Å². The molecule has 2 aromatic rings. The maximum atomic E-state index is 13.4. The largest absolute Gasteiger partial charge is 0.492 e. The van der Waals surface area contributed by atoms with Crippen LogP contribution in [0, 0.1) is 5.82 Å². The molecule has 1 atom stereocenters. The van der Waals surface area contributed by atoms with Gasteiger partial charge in [0.15, 0.2) is 0 Å². The van der Waals surface area contributed by atoms with E-state index in [0.29, 0.717) is 11.1 Å². The highest BCUT2D eigenvalue weighted by molar-refractivity contribution is 7.92. The summed E-state index contributed by atoms with van der Waals surface area (Å²) >= 11 is 0. The molecule has 0 spiro atoms. The normalized spacial score (nSPS) is 15.8. The van der Waals surface area contributed by atoms with Crippen LogP contribution in [0.4, 0.5) is 23.2 Å². The molecule has 2 N–H and O–H groups in total. The first kappa shape index (κ1) is 21.3. The van der Waals surface area contributed by atoms with E-state index in [4.69, 9.17) is 4.74 Å². The molecule has 0 aromatic heterocycles. The van der Waals surface area contributed by atoms with Crippen molar-refractivity contribution < 1.29 is 35.8 Å². The van der Waals surface area contributed by atoms with Gasteiger partial charge in [-0.15, -0.1) is 0 Å². The summed E-state index contributed by atoms with van der Waals surface area (Å²) in [4.78, 5) is 0.619. The number of fused-ring (bicyclic) bond motifs is 1. The fraction of sp³-hybridized carbons (Fsp3) is 0.333. The maximum Gasteiger partial charge on any atom is 0.428 e. The lowest BCUT2D eigenvalue weighted by Crippen LogP contribution is -2.42. The average Bonchev–Trinajstić information content (AvgIpc) is 3.05. The van der Waals surface area contributed by atoms with Gasteiger partial charge in [0.2, 0.25) is 6.23 Å². The second kappa shape index (κ2) is 7.81. The molecule has 0 aliphatic carbocycles. The highest BCUT2D eigenvalue weighted by Crippen LogP contribution is 2.33. The first-order valence-corrected chi connectivity index (χ1v) is 10.1. The first-order chi connectivity index (χ1) is 13.5. The smallest absolute Gasteiger partial charge is 0.428 e. The molecule has 0 saturated heterocycles. The van der Waals surface area contributed by atoms with Gasteiger partial charge in [0.25, 0.3) is 10.0 Å². The van der Waals surface area contributed by atoms with Gasteiger partial charge in [-0.3, -0.25) is 9.62 Å². The number of aliphatic hydroxyl groups excluding tert-OH is 1. The molecule has 0 bridgehead atoms. The van der Waals surface area contributed by atoms with E-state index in [2.05, 4.69) is 4.72 Å². The highest BCUT2D eigenvalue weighted by atomic mass is 32.2. The van der Waals surface area contributed by atoms with E-state index in [1.165, 1.54) is 24.3 Å². The van der Waals surface area contributed by atoms with Crippen molar-refractivity contribution in [2.45, 2.75) is 37.3 Å². The molecule has 29 heavy (non-hydrogen) atoms. The summed E-state index contributed by atoms with van der Waals surface area (Å²) in [5, 5.41) is 9.41. The first-order valence-electron chi connectivity index (χ1n) is 8.57. The molecule has 0 fully saturated rings. The Bertz CT molecular complexity index is 1010. The Morgan fingerprint density at radius 2 is 1.86 bits per heavy atom. The van der Waals surface area contributed by atoms with Crippen molar-refractivity contribution in [1.29, 1.82) is 0 Å². The minimum absolute atomic E-state index is 0.0108. The van der Waals surface area contributed by atoms with Crippen LogP contribution in [-0.4, -0.2) is 37.4 Å². The number of alkyl halides is 3. The number of anilines is 1. The molecule has 158 valence electrons. The Balaban J connectivity index is 1.84. The van der Waals surface area contributed by atoms with Gasteiger partial charge < -0.3 is 9.84 Å². The Hall–Kier alpha value is -2.37. The molecule has 1 unspecified atom stereocenters. The summed E-state index contributed by atoms with van der Waals surface area (Å²) in [6, 6.07) is 7.24. The van der Waals surface area contributed by atoms with E-state index in [1.54, 1.807) is 6.92 Å². The Kier molecular flexibility index (Phi) is 5.74. The molecule has 1 aliphatic heterocycles. The predicted molar refractivity (Wildman–Crippen MR) is 96.1 cm³/mol. The van der Waals surface area contributed by atoms with Crippen molar-refractivity contribution in [2.75, 3.05) is 11.3 Å². The molecule has 1 aliphatic rings. The monoisotopic (exact) mass is 434 g/mol. The molecule has 0 saturated carbocycles. The van der Waals surface area contributed by atoms with Crippen LogP contribution in [-0.2, 0) is 23.1 Å².